The van der Waals surface area contributed by atoms with Gasteiger partial charge in [-0.2, -0.15) is 5.26 Å². The third-order valence-electron chi connectivity index (χ3n) is 3.55. The lowest BCUT2D eigenvalue weighted by molar-refractivity contribution is 0.0957. The molecule has 1 N–H and O–H groups in total. The number of hydrogen-bond acceptors (Lipinski definition) is 4. The summed E-state index contributed by atoms with van der Waals surface area (Å²) < 4.78 is 32.9. The summed E-state index contributed by atoms with van der Waals surface area (Å²) in [5, 5.41) is 8.99. The van der Waals surface area contributed by atoms with Crippen LogP contribution in [0.25, 0.3) is 0 Å². The second-order valence-corrected chi connectivity index (χ2v) is 6.54. The summed E-state index contributed by atoms with van der Waals surface area (Å²) in [5.41, 5.74) is -0.494. The number of nitriles is 1. The van der Waals surface area contributed by atoms with Crippen molar-refractivity contribution in [2.45, 2.75) is 36.8 Å². The molecule has 1 heterocycles. The Bertz CT molecular complexity index is 621. The molecule has 1 aliphatic heterocycles. The third kappa shape index (κ3) is 2.63. The molecule has 2 rings (SSSR count). The van der Waals surface area contributed by atoms with Gasteiger partial charge >= 0.3 is 0 Å². The zero-order chi connectivity index (χ0) is 14.1. The number of ether oxygens (including phenoxy) is 1. The molecule has 102 valence electrons. The lowest BCUT2D eigenvalue weighted by Crippen LogP contribution is -2.50. The summed E-state index contributed by atoms with van der Waals surface area (Å²) in [4.78, 5) is 0.0119. The monoisotopic (exact) mass is 280 g/mol. The van der Waals surface area contributed by atoms with Gasteiger partial charge in [-0.15, -0.1) is 0 Å². The van der Waals surface area contributed by atoms with E-state index in [1.807, 2.05) is 19.9 Å². The minimum atomic E-state index is -3.73. The van der Waals surface area contributed by atoms with Crippen molar-refractivity contribution in [2.24, 2.45) is 0 Å². The molecule has 1 aromatic rings. The van der Waals surface area contributed by atoms with Crippen LogP contribution in [0.5, 0.6) is 0 Å². The summed E-state index contributed by atoms with van der Waals surface area (Å²) in [5.74, 6) is 0. The van der Waals surface area contributed by atoms with E-state index in [2.05, 4.69) is 4.72 Å². The highest BCUT2D eigenvalue weighted by molar-refractivity contribution is 7.89. The van der Waals surface area contributed by atoms with E-state index in [1.54, 1.807) is 12.1 Å². The van der Waals surface area contributed by atoms with Crippen LogP contribution in [0.15, 0.2) is 29.2 Å². The van der Waals surface area contributed by atoms with Gasteiger partial charge in [-0.3, -0.25) is 0 Å². The first-order chi connectivity index (χ1) is 8.89. The lowest BCUT2D eigenvalue weighted by Gasteiger charge is -2.28. The number of hydrogen-bond donors (Lipinski definition) is 1. The number of rotatable bonds is 3. The van der Waals surface area contributed by atoms with Gasteiger partial charge in [0.2, 0.25) is 10.0 Å². The summed E-state index contributed by atoms with van der Waals surface area (Å²) in [6, 6.07) is 8.07. The summed E-state index contributed by atoms with van der Waals surface area (Å²) in [6.07, 6.45) is 0.416. The summed E-state index contributed by atoms with van der Waals surface area (Å²) in [7, 11) is -3.73. The molecule has 1 aliphatic rings. The van der Waals surface area contributed by atoms with Crippen LogP contribution in [-0.2, 0) is 14.8 Å². The Morgan fingerprint density at radius 2 is 2.16 bits per heavy atom. The van der Waals surface area contributed by atoms with E-state index in [-0.39, 0.29) is 16.6 Å². The van der Waals surface area contributed by atoms with Gasteiger partial charge in [-0.1, -0.05) is 12.1 Å². The highest BCUT2D eigenvalue weighted by Gasteiger charge is 2.41. The van der Waals surface area contributed by atoms with Crippen LogP contribution in [0.3, 0.4) is 0 Å². The van der Waals surface area contributed by atoms with Gasteiger partial charge in [0.15, 0.2) is 0 Å². The second kappa shape index (κ2) is 4.93. The first kappa shape index (κ1) is 14.0. The van der Waals surface area contributed by atoms with Crippen molar-refractivity contribution in [3.8, 4) is 6.07 Å². The molecular formula is C13H16N2O3S. The Balaban J connectivity index is 2.36. The average molecular weight is 280 g/mol. The fourth-order valence-electron chi connectivity index (χ4n) is 2.12. The van der Waals surface area contributed by atoms with Crippen LogP contribution < -0.4 is 4.72 Å². The summed E-state index contributed by atoms with van der Waals surface area (Å²) in [6.45, 7) is 4.18. The smallest absolute Gasteiger partial charge is 0.242 e. The standard InChI is InChI=1S/C13H16N2O3S/c1-10-13(2,7-8-18-10)15-19(16,17)12-6-4-3-5-11(12)9-14/h3-6,10,15H,7-8H2,1-2H3. The molecule has 2 atom stereocenters. The predicted molar refractivity (Wildman–Crippen MR) is 69.9 cm³/mol. The fourth-order valence-corrected chi connectivity index (χ4v) is 3.78. The number of benzene rings is 1. The van der Waals surface area contributed by atoms with Crippen molar-refractivity contribution >= 4 is 10.0 Å². The molecule has 0 saturated carbocycles. The van der Waals surface area contributed by atoms with Crippen LogP contribution in [0, 0.1) is 11.3 Å². The number of sulfonamides is 1. The van der Waals surface area contributed by atoms with E-state index < -0.39 is 15.6 Å². The minimum absolute atomic E-state index is 0.0119. The van der Waals surface area contributed by atoms with E-state index in [4.69, 9.17) is 10.00 Å². The molecule has 0 bridgehead atoms. The molecule has 0 radical (unpaired) electrons. The summed E-state index contributed by atoms with van der Waals surface area (Å²) >= 11 is 0. The van der Waals surface area contributed by atoms with Gasteiger partial charge < -0.3 is 4.74 Å². The molecule has 0 amide bonds. The van der Waals surface area contributed by atoms with Gasteiger partial charge in [0.1, 0.15) is 6.07 Å². The number of nitrogens with one attached hydrogen (secondary N) is 1. The Morgan fingerprint density at radius 1 is 1.47 bits per heavy atom. The second-order valence-electron chi connectivity index (χ2n) is 4.89. The van der Waals surface area contributed by atoms with Crippen LogP contribution in [-0.4, -0.2) is 26.7 Å². The van der Waals surface area contributed by atoms with Crippen molar-refractivity contribution in [3.05, 3.63) is 29.8 Å². The van der Waals surface area contributed by atoms with Gasteiger partial charge in [0.05, 0.1) is 22.1 Å². The largest absolute Gasteiger partial charge is 0.376 e. The Hall–Kier alpha value is -1.42. The Labute approximate surface area is 113 Å². The molecule has 0 aliphatic carbocycles. The maximum atomic E-state index is 12.4. The van der Waals surface area contributed by atoms with E-state index in [9.17, 15) is 8.42 Å². The maximum Gasteiger partial charge on any atom is 0.242 e. The minimum Gasteiger partial charge on any atom is -0.376 e. The Morgan fingerprint density at radius 3 is 2.74 bits per heavy atom. The maximum absolute atomic E-state index is 12.4. The Kier molecular flexibility index (Phi) is 3.63. The van der Waals surface area contributed by atoms with Crippen molar-refractivity contribution in [1.82, 2.24) is 4.72 Å². The zero-order valence-electron chi connectivity index (χ0n) is 10.9. The van der Waals surface area contributed by atoms with Crippen LogP contribution >= 0.6 is 0 Å². The first-order valence-corrected chi connectivity index (χ1v) is 7.52. The number of nitrogens with zero attached hydrogens (tertiary/aromatic N) is 1. The van der Waals surface area contributed by atoms with E-state index in [0.29, 0.717) is 13.0 Å². The first-order valence-electron chi connectivity index (χ1n) is 6.04. The van der Waals surface area contributed by atoms with Gasteiger partial charge in [-0.25, -0.2) is 13.1 Å². The van der Waals surface area contributed by atoms with Gasteiger partial charge in [-0.05, 0) is 32.4 Å². The predicted octanol–water partition coefficient (Wildman–Crippen LogP) is 1.40. The van der Waals surface area contributed by atoms with Crippen LogP contribution in [0.1, 0.15) is 25.8 Å². The zero-order valence-corrected chi connectivity index (χ0v) is 11.7. The topological polar surface area (TPSA) is 79.2 Å². The quantitative estimate of drug-likeness (QED) is 0.907. The van der Waals surface area contributed by atoms with Gasteiger partial charge in [0, 0.05) is 6.61 Å². The van der Waals surface area contributed by atoms with Crippen LogP contribution in [0.4, 0.5) is 0 Å². The molecule has 0 aromatic heterocycles. The molecule has 1 aromatic carbocycles. The SMILES string of the molecule is CC1OCCC1(C)NS(=O)(=O)c1ccccc1C#N. The molecule has 1 saturated heterocycles. The van der Waals surface area contributed by atoms with Crippen LogP contribution in [0.2, 0.25) is 0 Å². The fraction of sp³-hybridized carbons (Fsp3) is 0.462. The molecule has 19 heavy (non-hydrogen) atoms. The molecule has 0 spiro atoms. The normalized spacial score (nSPS) is 27.1. The van der Waals surface area contributed by atoms with E-state index >= 15 is 0 Å². The highest BCUT2D eigenvalue weighted by atomic mass is 32.2. The lowest BCUT2D eigenvalue weighted by atomic mass is 9.97. The van der Waals surface area contributed by atoms with Gasteiger partial charge in [0.25, 0.3) is 0 Å². The molecular weight excluding hydrogens is 264 g/mol. The molecule has 2 unspecified atom stereocenters. The van der Waals surface area contributed by atoms with Crippen molar-refractivity contribution < 1.29 is 13.2 Å². The third-order valence-corrected chi connectivity index (χ3v) is 5.22. The highest BCUT2D eigenvalue weighted by Crippen LogP contribution is 2.28. The van der Waals surface area contributed by atoms with E-state index in [1.165, 1.54) is 12.1 Å². The van der Waals surface area contributed by atoms with E-state index in [0.717, 1.165) is 0 Å². The molecule has 6 heteroatoms. The van der Waals surface area contributed by atoms with Crippen molar-refractivity contribution in [3.63, 3.8) is 0 Å². The average Bonchev–Trinajstić information content (AvgIpc) is 2.68. The van der Waals surface area contributed by atoms with Crippen molar-refractivity contribution in [2.75, 3.05) is 6.61 Å². The molecule has 5 nitrogen and oxygen atoms in total. The molecule has 1 fully saturated rings. The van der Waals surface area contributed by atoms with Crippen molar-refractivity contribution in [1.29, 1.82) is 5.26 Å².